The van der Waals surface area contributed by atoms with E-state index in [9.17, 15) is 0 Å². The van der Waals surface area contributed by atoms with Gasteiger partial charge in [-0.1, -0.05) is 0 Å². The Morgan fingerprint density at radius 3 is 2.79 bits per heavy atom. The van der Waals surface area contributed by atoms with Gasteiger partial charge in [0.1, 0.15) is 0 Å². The molecule has 1 fully saturated rings. The van der Waals surface area contributed by atoms with Crippen molar-refractivity contribution >= 4 is 0 Å². The minimum atomic E-state index is -0.307. The molecule has 1 aliphatic rings. The Balaban J connectivity index is 2.22. The smallest absolute Gasteiger partial charge is 0.0986 e. The predicted octanol–water partition coefficient (Wildman–Crippen LogP) is 0.149. The second-order valence-electron chi connectivity index (χ2n) is 3.79. The number of hydrogen-bond donors (Lipinski definition) is 2. The standard InChI is InChI=1S/C10H21NO3/c1-4-14-9-5-8(10(9)13-3)11-6-7(2)12/h7-12H,4-6H2,1-3H3. The SMILES string of the molecule is CCOC1CC(NCC(C)O)C1OC. The third-order valence-corrected chi connectivity index (χ3v) is 2.58. The maximum atomic E-state index is 9.11. The third kappa shape index (κ3) is 2.92. The molecule has 4 nitrogen and oxygen atoms in total. The molecule has 0 spiro atoms. The van der Waals surface area contributed by atoms with Crippen molar-refractivity contribution in [1.29, 1.82) is 0 Å². The lowest BCUT2D eigenvalue weighted by atomic mass is 9.85. The van der Waals surface area contributed by atoms with Crippen LogP contribution in [0.25, 0.3) is 0 Å². The average molecular weight is 203 g/mol. The summed E-state index contributed by atoms with van der Waals surface area (Å²) in [7, 11) is 1.70. The molecule has 0 aromatic rings. The molecule has 0 aromatic heterocycles. The van der Waals surface area contributed by atoms with Gasteiger partial charge in [0.05, 0.1) is 18.3 Å². The zero-order valence-corrected chi connectivity index (χ0v) is 9.19. The highest BCUT2D eigenvalue weighted by Gasteiger charge is 2.41. The molecule has 4 atom stereocenters. The maximum Gasteiger partial charge on any atom is 0.0986 e. The summed E-state index contributed by atoms with van der Waals surface area (Å²) in [5.74, 6) is 0. The van der Waals surface area contributed by atoms with Crippen LogP contribution in [-0.2, 0) is 9.47 Å². The largest absolute Gasteiger partial charge is 0.392 e. The first-order valence-corrected chi connectivity index (χ1v) is 5.24. The molecule has 14 heavy (non-hydrogen) atoms. The Kier molecular flexibility index (Phi) is 4.81. The van der Waals surface area contributed by atoms with E-state index in [0.717, 1.165) is 13.0 Å². The molecule has 0 heterocycles. The van der Waals surface area contributed by atoms with E-state index in [2.05, 4.69) is 5.32 Å². The topological polar surface area (TPSA) is 50.7 Å². The number of hydrogen-bond acceptors (Lipinski definition) is 4. The summed E-state index contributed by atoms with van der Waals surface area (Å²) >= 11 is 0. The van der Waals surface area contributed by atoms with Crippen molar-refractivity contribution in [2.24, 2.45) is 0 Å². The molecule has 0 aliphatic heterocycles. The molecule has 1 rings (SSSR count). The molecule has 0 aromatic carbocycles. The van der Waals surface area contributed by atoms with E-state index in [-0.39, 0.29) is 18.3 Å². The van der Waals surface area contributed by atoms with Crippen LogP contribution in [0.2, 0.25) is 0 Å². The molecule has 2 N–H and O–H groups in total. The predicted molar refractivity (Wildman–Crippen MR) is 54.3 cm³/mol. The number of rotatable bonds is 6. The highest BCUT2D eigenvalue weighted by molar-refractivity contribution is 4.97. The Morgan fingerprint density at radius 1 is 1.57 bits per heavy atom. The fourth-order valence-corrected chi connectivity index (χ4v) is 1.80. The van der Waals surface area contributed by atoms with Crippen molar-refractivity contribution in [3.63, 3.8) is 0 Å². The molecular formula is C10H21NO3. The highest BCUT2D eigenvalue weighted by atomic mass is 16.5. The summed E-state index contributed by atoms with van der Waals surface area (Å²) in [4.78, 5) is 0. The van der Waals surface area contributed by atoms with Gasteiger partial charge in [-0.3, -0.25) is 0 Å². The lowest BCUT2D eigenvalue weighted by Crippen LogP contribution is -2.60. The summed E-state index contributed by atoms with van der Waals surface area (Å²) in [6, 6.07) is 0.325. The monoisotopic (exact) mass is 203 g/mol. The molecule has 1 saturated carbocycles. The number of aliphatic hydroxyl groups excluding tert-OH is 1. The van der Waals surface area contributed by atoms with Crippen molar-refractivity contribution in [2.75, 3.05) is 20.3 Å². The van der Waals surface area contributed by atoms with Crippen LogP contribution in [0.15, 0.2) is 0 Å². The van der Waals surface area contributed by atoms with Crippen LogP contribution in [0.4, 0.5) is 0 Å². The van der Waals surface area contributed by atoms with E-state index >= 15 is 0 Å². The summed E-state index contributed by atoms with van der Waals surface area (Å²) < 4.78 is 10.8. The molecule has 84 valence electrons. The van der Waals surface area contributed by atoms with Crippen LogP contribution >= 0.6 is 0 Å². The van der Waals surface area contributed by atoms with E-state index < -0.39 is 0 Å². The van der Waals surface area contributed by atoms with Gasteiger partial charge in [0, 0.05) is 26.3 Å². The minimum absolute atomic E-state index is 0.133. The van der Waals surface area contributed by atoms with Crippen LogP contribution in [0.5, 0.6) is 0 Å². The van der Waals surface area contributed by atoms with Crippen LogP contribution in [-0.4, -0.2) is 49.7 Å². The first kappa shape index (κ1) is 11.9. The molecule has 4 heteroatoms. The number of nitrogens with one attached hydrogen (secondary N) is 1. The van der Waals surface area contributed by atoms with Gasteiger partial charge in [-0.25, -0.2) is 0 Å². The quantitative estimate of drug-likeness (QED) is 0.645. The highest BCUT2D eigenvalue weighted by Crippen LogP contribution is 2.26. The third-order valence-electron chi connectivity index (χ3n) is 2.58. The molecule has 0 saturated heterocycles. The number of methoxy groups -OCH3 is 1. The normalized spacial score (nSPS) is 33.9. The van der Waals surface area contributed by atoms with Gasteiger partial charge < -0.3 is 19.9 Å². The summed E-state index contributed by atoms with van der Waals surface area (Å²) in [5, 5.41) is 12.4. The van der Waals surface area contributed by atoms with Crippen LogP contribution in [0.3, 0.4) is 0 Å². The second-order valence-corrected chi connectivity index (χ2v) is 3.79. The van der Waals surface area contributed by atoms with Crippen LogP contribution in [0.1, 0.15) is 20.3 Å². The molecule has 1 aliphatic carbocycles. The first-order chi connectivity index (χ1) is 6.69. The van der Waals surface area contributed by atoms with Gasteiger partial charge in [-0.05, 0) is 20.3 Å². The van der Waals surface area contributed by atoms with Crippen LogP contribution < -0.4 is 5.32 Å². The lowest BCUT2D eigenvalue weighted by molar-refractivity contribution is -0.132. The van der Waals surface area contributed by atoms with E-state index in [1.165, 1.54) is 0 Å². The maximum absolute atomic E-state index is 9.11. The molecule has 0 radical (unpaired) electrons. The van der Waals surface area contributed by atoms with Gasteiger partial charge in [-0.2, -0.15) is 0 Å². The minimum Gasteiger partial charge on any atom is -0.392 e. The average Bonchev–Trinajstić information content (AvgIpc) is 2.10. The Labute approximate surface area is 85.6 Å². The van der Waals surface area contributed by atoms with Crippen molar-refractivity contribution in [1.82, 2.24) is 5.32 Å². The number of aliphatic hydroxyl groups is 1. The van der Waals surface area contributed by atoms with Crippen molar-refractivity contribution < 1.29 is 14.6 Å². The van der Waals surface area contributed by atoms with Gasteiger partial charge in [0.25, 0.3) is 0 Å². The van der Waals surface area contributed by atoms with Crippen LogP contribution in [0, 0.1) is 0 Å². The summed E-state index contributed by atoms with van der Waals surface area (Å²) in [6.07, 6.45) is 1.02. The van der Waals surface area contributed by atoms with Gasteiger partial charge in [-0.15, -0.1) is 0 Å². The van der Waals surface area contributed by atoms with Gasteiger partial charge in [0.15, 0.2) is 0 Å². The molecule has 0 amide bonds. The van der Waals surface area contributed by atoms with E-state index in [1.807, 2.05) is 6.92 Å². The summed E-state index contributed by atoms with van der Waals surface area (Å²) in [6.45, 7) is 5.10. The van der Waals surface area contributed by atoms with Crippen molar-refractivity contribution in [2.45, 2.75) is 44.6 Å². The Hall–Kier alpha value is -0.160. The Morgan fingerprint density at radius 2 is 2.29 bits per heavy atom. The van der Waals surface area contributed by atoms with Crippen molar-refractivity contribution in [3.05, 3.63) is 0 Å². The van der Waals surface area contributed by atoms with E-state index in [0.29, 0.717) is 12.6 Å². The fourth-order valence-electron chi connectivity index (χ4n) is 1.80. The lowest BCUT2D eigenvalue weighted by Gasteiger charge is -2.43. The molecule has 0 bridgehead atoms. The Bertz CT molecular complexity index is 163. The van der Waals surface area contributed by atoms with Gasteiger partial charge in [0.2, 0.25) is 0 Å². The fraction of sp³-hybridized carbons (Fsp3) is 1.00. The van der Waals surface area contributed by atoms with E-state index in [4.69, 9.17) is 14.6 Å². The second kappa shape index (κ2) is 5.66. The zero-order valence-electron chi connectivity index (χ0n) is 9.19. The molecular weight excluding hydrogens is 182 g/mol. The first-order valence-electron chi connectivity index (χ1n) is 5.24. The number of ether oxygens (including phenoxy) is 2. The van der Waals surface area contributed by atoms with Crippen molar-refractivity contribution in [3.8, 4) is 0 Å². The molecule has 4 unspecified atom stereocenters. The van der Waals surface area contributed by atoms with E-state index in [1.54, 1.807) is 14.0 Å². The van der Waals surface area contributed by atoms with Gasteiger partial charge >= 0.3 is 0 Å². The summed E-state index contributed by atoms with van der Waals surface area (Å²) in [5.41, 5.74) is 0. The zero-order chi connectivity index (χ0) is 10.6.